The van der Waals surface area contributed by atoms with Crippen molar-refractivity contribution in [1.82, 2.24) is 5.43 Å². The topological polar surface area (TPSA) is 38.0 Å². The van der Waals surface area contributed by atoms with Gasteiger partial charge in [-0.05, 0) is 42.9 Å². The average molecular weight is 245 g/mol. The van der Waals surface area contributed by atoms with Gasteiger partial charge in [0, 0.05) is 16.1 Å². The van der Waals surface area contributed by atoms with Crippen LogP contribution in [0.3, 0.4) is 0 Å². The third-order valence-corrected chi connectivity index (χ3v) is 3.45. The van der Waals surface area contributed by atoms with Gasteiger partial charge in [0.05, 0.1) is 0 Å². The Labute approximate surface area is 99.7 Å². The second-order valence-electron chi connectivity index (χ2n) is 4.05. The normalized spacial score (nSPS) is 17.8. The number of benzene rings is 1. The molecule has 15 heavy (non-hydrogen) atoms. The Balaban J connectivity index is 2.08. The first-order valence-electron chi connectivity index (χ1n) is 5.10. The van der Waals surface area contributed by atoms with Gasteiger partial charge in [-0.1, -0.05) is 29.3 Å². The smallest absolute Gasteiger partial charge is 0.0453 e. The minimum atomic E-state index is 0.337. The molecule has 0 saturated heterocycles. The lowest BCUT2D eigenvalue weighted by Gasteiger charge is -2.15. The Hall–Kier alpha value is -0.280. The van der Waals surface area contributed by atoms with E-state index in [1.165, 1.54) is 12.8 Å². The third-order valence-electron chi connectivity index (χ3n) is 2.86. The summed E-state index contributed by atoms with van der Waals surface area (Å²) in [6.07, 6.45) is 3.40. The zero-order valence-corrected chi connectivity index (χ0v) is 9.85. The molecule has 1 aromatic rings. The maximum Gasteiger partial charge on any atom is 0.0453 e. The monoisotopic (exact) mass is 244 g/mol. The molecule has 0 bridgehead atoms. The lowest BCUT2D eigenvalue weighted by atomic mass is 10.0. The highest BCUT2D eigenvalue weighted by molar-refractivity contribution is 6.35. The molecule has 3 N–H and O–H groups in total. The summed E-state index contributed by atoms with van der Waals surface area (Å²) in [4.78, 5) is 0. The molecule has 1 saturated carbocycles. The van der Waals surface area contributed by atoms with Gasteiger partial charge in [-0.15, -0.1) is 0 Å². The number of rotatable bonds is 4. The minimum absolute atomic E-state index is 0.337. The molecule has 1 aromatic carbocycles. The van der Waals surface area contributed by atoms with Crippen molar-refractivity contribution in [3.05, 3.63) is 33.8 Å². The molecule has 0 aliphatic heterocycles. The molecule has 4 heteroatoms. The summed E-state index contributed by atoms with van der Waals surface area (Å²) < 4.78 is 0. The Morgan fingerprint density at radius 3 is 2.67 bits per heavy atom. The van der Waals surface area contributed by atoms with E-state index >= 15 is 0 Å². The number of nitrogens with two attached hydrogens (primary N) is 1. The van der Waals surface area contributed by atoms with E-state index < -0.39 is 0 Å². The van der Waals surface area contributed by atoms with E-state index in [1.54, 1.807) is 6.07 Å². The average Bonchev–Trinajstić information content (AvgIpc) is 3.00. The molecule has 1 aliphatic rings. The molecular formula is C11H14Cl2N2. The van der Waals surface area contributed by atoms with Crippen LogP contribution < -0.4 is 11.3 Å². The number of halogens is 2. The van der Waals surface area contributed by atoms with Crippen LogP contribution in [0.5, 0.6) is 0 Å². The van der Waals surface area contributed by atoms with Crippen molar-refractivity contribution in [1.29, 1.82) is 0 Å². The molecule has 0 heterocycles. The van der Waals surface area contributed by atoms with E-state index in [0.717, 1.165) is 17.0 Å². The minimum Gasteiger partial charge on any atom is -0.271 e. The molecule has 0 aromatic heterocycles. The number of hydrogen-bond donors (Lipinski definition) is 2. The van der Waals surface area contributed by atoms with Gasteiger partial charge >= 0.3 is 0 Å². The summed E-state index contributed by atoms with van der Waals surface area (Å²) in [6.45, 7) is 0. The van der Waals surface area contributed by atoms with Crippen molar-refractivity contribution in [2.45, 2.75) is 25.3 Å². The van der Waals surface area contributed by atoms with E-state index in [2.05, 4.69) is 5.43 Å². The van der Waals surface area contributed by atoms with Crippen LogP contribution in [-0.2, 0) is 6.42 Å². The predicted octanol–water partition coefficient (Wildman–Crippen LogP) is 2.78. The molecule has 1 fully saturated rings. The van der Waals surface area contributed by atoms with Crippen molar-refractivity contribution in [3.63, 3.8) is 0 Å². The molecule has 82 valence electrons. The Kier molecular flexibility index (Phi) is 3.52. The van der Waals surface area contributed by atoms with Gasteiger partial charge in [-0.25, -0.2) is 0 Å². The standard InChI is InChI=1S/C11H14Cl2N2/c12-9-4-3-8(10(13)6-9)5-11(15-14)7-1-2-7/h3-4,6-7,11,15H,1-2,5,14H2. The summed E-state index contributed by atoms with van der Waals surface area (Å²) in [5.74, 6) is 6.23. The first-order chi connectivity index (χ1) is 7.20. The zero-order valence-electron chi connectivity index (χ0n) is 8.34. The van der Waals surface area contributed by atoms with Crippen LogP contribution in [0.4, 0.5) is 0 Å². The van der Waals surface area contributed by atoms with E-state index in [0.29, 0.717) is 17.0 Å². The number of nitrogens with one attached hydrogen (secondary N) is 1. The maximum absolute atomic E-state index is 6.10. The van der Waals surface area contributed by atoms with Crippen molar-refractivity contribution in [2.24, 2.45) is 11.8 Å². The Morgan fingerprint density at radius 1 is 1.40 bits per heavy atom. The molecule has 1 atom stereocenters. The highest BCUT2D eigenvalue weighted by atomic mass is 35.5. The van der Waals surface area contributed by atoms with Gasteiger partial charge in [0.2, 0.25) is 0 Å². The summed E-state index contributed by atoms with van der Waals surface area (Å²) in [5, 5.41) is 1.40. The Morgan fingerprint density at radius 2 is 2.13 bits per heavy atom. The van der Waals surface area contributed by atoms with Crippen LogP contribution in [0.2, 0.25) is 10.0 Å². The molecule has 1 unspecified atom stereocenters. The second-order valence-corrected chi connectivity index (χ2v) is 4.89. The van der Waals surface area contributed by atoms with Crippen molar-refractivity contribution in [2.75, 3.05) is 0 Å². The number of hydrazine groups is 1. The lowest BCUT2D eigenvalue weighted by Crippen LogP contribution is -2.38. The van der Waals surface area contributed by atoms with Gasteiger partial charge in [-0.3, -0.25) is 11.3 Å². The maximum atomic E-state index is 6.10. The summed E-state index contributed by atoms with van der Waals surface area (Å²) in [6, 6.07) is 5.95. The van der Waals surface area contributed by atoms with E-state index in [1.807, 2.05) is 12.1 Å². The van der Waals surface area contributed by atoms with Gasteiger partial charge in [0.1, 0.15) is 0 Å². The van der Waals surface area contributed by atoms with Gasteiger partial charge in [-0.2, -0.15) is 0 Å². The van der Waals surface area contributed by atoms with Crippen molar-refractivity contribution in [3.8, 4) is 0 Å². The molecule has 2 rings (SSSR count). The van der Waals surface area contributed by atoms with Crippen molar-refractivity contribution < 1.29 is 0 Å². The fraction of sp³-hybridized carbons (Fsp3) is 0.455. The van der Waals surface area contributed by atoms with Crippen molar-refractivity contribution >= 4 is 23.2 Å². The van der Waals surface area contributed by atoms with Gasteiger partial charge < -0.3 is 0 Å². The SMILES string of the molecule is NNC(Cc1ccc(Cl)cc1Cl)C1CC1. The van der Waals surface area contributed by atoms with E-state index in [4.69, 9.17) is 29.0 Å². The fourth-order valence-electron chi connectivity index (χ4n) is 1.78. The molecular weight excluding hydrogens is 231 g/mol. The summed E-state index contributed by atoms with van der Waals surface area (Å²) in [5.41, 5.74) is 3.97. The quantitative estimate of drug-likeness (QED) is 0.632. The zero-order chi connectivity index (χ0) is 10.8. The summed E-state index contributed by atoms with van der Waals surface area (Å²) >= 11 is 11.9. The van der Waals surface area contributed by atoms with Crippen LogP contribution in [0.1, 0.15) is 18.4 Å². The van der Waals surface area contributed by atoms with Gasteiger partial charge in [0.25, 0.3) is 0 Å². The summed E-state index contributed by atoms with van der Waals surface area (Å²) in [7, 11) is 0. The molecule has 0 amide bonds. The fourth-order valence-corrected chi connectivity index (χ4v) is 2.27. The second kappa shape index (κ2) is 4.71. The largest absolute Gasteiger partial charge is 0.271 e. The highest BCUT2D eigenvalue weighted by Crippen LogP contribution is 2.34. The van der Waals surface area contributed by atoms with E-state index in [9.17, 15) is 0 Å². The van der Waals surface area contributed by atoms with Crippen LogP contribution in [0.25, 0.3) is 0 Å². The highest BCUT2D eigenvalue weighted by Gasteiger charge is 2.30. The predicted molar refractivity (Wildman–Crippen MR) is 64.0 cm³/mol. The van der Waals surface area contributed by atoms with Gasteiger partial charge in [0.15, 0.2) is 0 Å². The number of hydrogen-bond acceptors (Lipinski definition) is 2. The van der Waals surface area contributed by atoms with Crippen LogP contribution in [-0.4, -0.2) is 6.04 Å². The van der Waals surface area contributed by atoms with E-state index in [-0.39, 0.29) is 0 Å². The van der Waals surface area contributed by atoms with Crippen LogP contribution in [0.15, 0.2) is 18.2 Å². The molecule has 1 aliphatic carbocycles. The first-order valence-corrected chi connectivity index (χ1v) is 5.86. The Bertz CT molecular complexity index is 350. The van der Waals surface area contributed by atoms with Crippen LogP contribution in [0, 0.1) is 5.92 Å². The molecule has 0 spiro atoms. The molecule has 2 nitrogen and oxygen atoms in total. The first kappa shape index (κ1) is 11.2. The lowest BCUT2D eigenvalue weighted by molar-refractivity contribution is 0.472. The molecule has 0 radical (unpaired) electrons. The van der Waals surface area contributed by atoms with Crippen LogP contribution >= 0.6 is 23.2 Å². The third kappa shape index (κ3) is 2.85.